The van der Waals surface area contributed by atoms with E-state index < -0.39 is 0 Å². The van der Waals surface area contributed by atoms with Crippen molar-refractivity contribution in [2.45, 2.75) is 32.8 Å². The lowest BCUT2D eigenvalue weighted by Gasteiger charge is -2.22. The van der Waals surface area contributed by atoms with E-state index in [1.54, 1.807) is 6.92 Å². The molecule has 0 aromatic heterocycles. The average Bonchev–Trinajstić information content (AvgIpc) is 2.78. The highest BCUT2D eigenvalue weighted by molar-refractivity contribution is 5.85. The standard InChI is InChI=1S/C11H19NO4/c1-3-12(8-10(13)15-4-2)11(14)9-6-5-7-16-9/h9H,3-8H2,1-2H3/t9-/m1/s1. The van der Waals surface area contributed by atoms with Crippen LogP contribution >= 0.6 is 0 Å². The zero-order valence-corrected chi connectivity index (χ0v) is 9.90. The number of likely N-dealkylation sites (N-methyl/N-ethyl adjacent to an activating group) is 1. The molecule has 5 heteroatoms. The van der Waals surface area contributed by atoms with Crippen molar-refractivity contribution in [3.63, 3.8) is 0 Å². The number of hydrogen-bond acceptors (Lipinski definition) is 4. The van der Waals surface area contributed by atoms with E-state index in [2.05, 4.69) is 0 Å². The number of hydrogen-bond donors (Lipinski definition) is 0. The van der Waals surface area contributed by atoms with Crippen LogP contribution in [0.5, 0.6) is 0 Å². The van der Waals surface area contributed by atoms with Gasteiger partial charge in [0, 0.05) is 13.2 Å². The molecule has 0 aliphatic carbocycles. The number of ether oxygens (including phenoxy) is 2. The van der Waals surface area contributed by atoms with Gasteiger partial charge in [0.15, 0.2) is 0 Å². The Morgan fingerprint density at radius 2 is 2.19 bits per heavy atom. The van der Waals surface area contributed by atoms with E-state index in [1.165, 1.54) is 4.90 Å². The van der Waals surface area contributed by atoms with Crippen LogP contribution in [0.25, 0.3) is 0 Å². The third kappa shape index (κ3) is 3.48. The minimum Gasteiger partial charge on any atom is -0.465 e. The zero-order chi connectivity index (χ0) is 12.0. The number of carbonyl (C=O) groups excluding carboxylic acids is 2. The fourth-order valence-electron chi connectivity index (χ4n) is 1.68. The minimum absolute atomic E-state index is 0.0169. The molecule has 1 rings (SSSR count). The summed E-state index contributed by atoms with van der Waals surface area (Å²) < 4.78 is 10.1. The van der Waals surface area contributed by atoms with Crippen LogP contribution in [0.15, 0.2) is 0 Å². The Labute approximate surface area is 95.7 Å². The molecule has 1 aliphatic heterocycles. The predicted molar refractivity (Wildman–Crippen MR) is 57.9 cm³/mol. The van der Waals surface area contributed by atoms with Gasteiger partial charge in [-0.3, -0.25) is 9.59 Å². The molecule has 92 valence electrons. The molecule has 1 atom stereocenters. The van der Waals surface area contributed by atoms with E-state index in [0.717, 1.165) is 12.8 Å². The lowest BCUT2D eigenvalue weighted by molar-refractivity contribution is -0.152. The maximum Gasteiger partial charge on any atom is 0.325 e. The van der Waals surface area contributed by atoms with Gasteiger partial charge in [-0.2, -0.15) is 0 Å². The van der Waals surface area contributed by atoms with Crippen LogP contribution in [-0.2, 0) is 19.1 Å². The summed E-state index contributed by atoms with van der Waals surface area (Å²) in [7, 11) is 0. The molecule has 16 heavy (non-hydrogen) atoms. The van der Waals surface area contributed by atoms with Gasteiger partial charge in [-0.05, 0) is 26.7 Å². The first kappa shape index (κ1) is 13.0. The maximum absolute atomic E-state index is 11.9. The summed E-state index contributed by atoms with van der Waals surface area (Å²) in [6, 6.07) is 0. The van der Waals surface area contributed by atoms with Gasteiger partial charge in [0.1, 0.15) is 12.6 Å². The van der Waals surface area contributed by atoms with E-state index >= 15 is 0 Å². The second kappa shape index (κ2) is 6.48. The molecule has 0 bridgehead atoms. The Bertz CT molecular complexity index is 248. The van der Waals surface area contributed by atoms with Crippen LogP contribution in [0.2, 0.25) is 0 Å². The molecule has 0 aromatic rings. The molecule has 1 fully saturated rings. The average molecular weight is 229 g/mol. The van der Waals surface area contributed by atoms with Gasteiger partial charge in [-0.25, -0.2) is 0 Å². The van der Waals surface area contributed by atoms with E-state index in [9.17, 15) is 9.59 Å². The van der Waals surface area contributed by atoms with Crippen molar-refractivity contribution >= 4 is 11.9 Å². The molecule has 1 heterocycles. The number of rotatable bonds is 5. The third-order valence-electron chi connectivity index (χ3n) is 2.52. The molecule has 0 N–H and O–H groups in total. The topological polar surface area (TPSA) is 55.8 Å². The smallest absolute Gasteiger partial charge is 0.325 e. The Morgan fingerprint density at radius 1 is 1.44 bits per heavy atom. The maximum atomic E-state index is 11.9. The second-order valence-electron chi connectivity index (χ2n) is 3.66. The van der Waals surface area contributed by atoms with Crippen LogP contribution in [0.3, 0.4) is 0 Å². The first-order valence-electron chi connectivity index (χ1n) is 5.75. The van der Waals surface area contributed by atoms with Gasteiger partial charge < -0.3 is 14.4 Å². The van der Waals surface area contributed by atoms with Crippen molar-refractivity contribution in [2.24, 2.45) is 0 Å². The van der Waals surface area contributed by atoms with Gasteiger partial charge in [0.2, 0.25) is 0 Å². The lowest BCUT2D eigenvalue weighted by atomic mass is 10.2. The first-order chi connectivity index (χ1) is 7.69. The first-order valence-corrected chi connectivity index (χ1v) is 5.75. The molecule has 1 amide bonds. The Balaban J connectivity index is 2.45. The van der Waals surface area contributed by atoms with Crippen molar-refractivity contribution in [2.75, 3.05) is 26.3 Å². The second-order valence-corrected chi connectivity index (χ2v) is 3.66. The molecule has 0 radical (unpaired) electrons. The predicted octanol–water partition coefficient (Wildman–Crippen LogP) is 0.577. The molecule has 0 aromatic carbocycles. The van der Waals surface area contributed by atoms with Crippen LogP contribution < -0.4 is 0 Å². The van der Waals surface area contributed by atoms with Gasteiger partial charge in [0.25, 0.3) is 5.91 Å². The van der Waals surface area contributed by atoms with E-state index in [-0.39, 0.29) is 24.5 Å². The van der Waals surface area contributed by atoms with E-state index in [1.807, 2.05) is 6.92 Å². The fourth-order valence-corrected chi connectivity index (χ4v) is 1.68. The van der Waals surface area contributed by atoms with Gasteiger partial charge >= 0.3 is 5.97 Å². The fraction of sp³-hybridized carbons (Fsp3) is 0.818. The minimum atomic E-state index is -0.366. The third-order valence-corrected chi connectivity index (χ3v) is 2.52. The van der Waals surface area contributed by atoms with Crippen molar-refractivity contribution in [1.82, 2.24) is 4.90 Å². The van der Waals surface area contributed by atoms with E-state index in [4.69, 9.17) is 9.47 Å². The normalized spacial score (nSPS) is 19.5. The molecular formula is C11H19NO4. The molecule has 0 saturated carbocycles. The number of amides is 1. The van der Waals surface area contributed by atoms with Crippen molar-refractivity contribution in [3.05, 3.63) is 0 Å². The summed E-state index contributed by atoms with van der Waals surface area (Å²) in [5.74, 6) is -0.469. The number of esters is 1. The summed E-state index contributed by atoms with van der Waals surface area (Å²) >= 11 is 0. The number of nitrogens with zero attached hydrogens (tertiary/aromatic N) is 1. The summed E-state index contributed by atoms with van der Waals surface area (Å²) in [6.07, 6.45) is 1.29. The van der Waals surface area contributed by atoms with Gasteiger partial charge in [0.05, 0.1) is 6.61 Å². The molecule has 5 nitrogen and oxygen atoms in total. The largest absolute Gasteiger partial charge is 0.465 e. The highest BCUT2D eigenvalue weighted by Crippen LogP contribution is 2.14. The highest BCUT2D eigenvalue weighted by Gasteiger charge is 2.28. The van der Waals surface area contributed by atoms with Crippen LogP contribution in [0, 0.1) is 0 Å². The summed E-state index contributed by atoms with van der Waals surface area (Å²) in [4.78, 5) is 24.7. The zero-order valence-electron chi connectivity index (χ0n) is 9.90. The monoisotopic (exact) mass is 229 g/mol. The molecule has 1 saturated heterocycles. The summed E-state index contributed by atoms with van der Waals surface area (Å²) in [5, 5.41) is 0. The Hall–Kier alpha value is -1.10. The molecular weight excluding hydrogens is 210 g/mol. The Morgan fingerprint density at radius 3 is 2.69 bits per heavy atom. The quantitative estimate of drug-likeness (QED) is 0.647. The van der Waals surface area contributed by atoms with Gasteiger partial charge in [-0.1, -0.05) is 0 Å². The van der Waals surface area contributed by atoms with Gasteiger partial charge in [-0.15, -0.1) is 0 Å². The van der Waals surface area contributed by atoms with E-state index in [0.29, 0.717) is 19.8 Å². The van der Waals surface area contributed by atoms with Crippen LogP contribution in [0.4, 0.5) is 0 Å². The summed E-state index contributed by atoms with van der Waals surface area (Å²) in [6.45, 7) is 5.07. The van der Waals surface area contributed by atoms with Crippen LogP contribution in [-0.4, -0.2) is 49.2 Å². The SMILES string of the molecule is CCOC(=O)CN(CC)C(=O)[C@H]1CCCO1. The molecule has 1 aliphatic rings. The highest BCUT2D eigenvalue weighted by atomic mass is 16.5. The lowest BCUT2D eigenvalue weighted by Crippen LogP contribution is -2.42. The number of carbonyl (C=O) groups is 2. The molecule has 0 spiro atoms. The van der Waals surface area contributed by atoms with Crippen LogP contribution in [0.1, 0.15) is 26.7 Å². The Kier molecular flexibility index (Phi) is 5.25. The summed E-state index contributed by atoms with van der Waals surface area (Å²) in [5.41, 5.74) is 0. The van der Waals surface area contributed by atoms with Crippen molar-refractivity contribution < 1.29 is 19.1 Å². The van der Waals surface area contributed by atoms with Crippen molar-refractivity contribution in [3.8, 4) is 0 Å². The van der Waals surface area contributed by atoms with Crippen molar-refractivity contribution in [1.29, 1.82) is 0 Å². The molecule has 0 unspecified atom stereocenters.